The number of hydrogen-bond acceptors (Lipinski definition) is 5. The summed E-state index contributed by atoms with van der Waals surface area (Å²) >= 11 is 6.03. The van der Waals surface area contributed by atoms with Gasteiger partial charge in [-0.05, 0) is 82.2 Å². The van der Waals surface area contributed by atoms with Gasteiger partial charge >= 0.3 is 0 Å². The van der Waals surface area contributed by atoms with Gasteiger partial charge in [-0.25, -0.2) is 0 Å². The number of ether oxygens (including phenoxy) is 1. The van der Waals surface area contributed by atoms with Gasteiger partial charge in [-0.2, -0.15) is 5.26 Å². The number of carbonyl (C=O) groups excluding carboxylic acids is 2. The number of rotatable bonds is 7. The lowest BCUT2D eigenvalue weighted by Crippen LogP contribution is -2.64. The van der Waals surface area contributed by atoms with Crippen molar-refractivity contribution in [2.24, 2.45) is 5.92 Å². The van der Waals surface area contributed by atoms with Gasteiger partial charge in [-0.15, -0.1) is 0 Å². The van der Waals surface area contributed by atoms with Gasteiger partial charge in [0.1, 0.15) is 11.1 Å². The highest BCUT2D eigenvalue weighted by Gasteiger charge is 2.55. The van der Waals surface area contributed by atoms with Gasteiger partial charge in [0.15, 0.2) is 8.80 Å². The molecule has 1 saturated carbocycles. The molecule has 0 bridgehead atoms. The zero-order chi connectivity index (χ0) is 24.2. The highest BCUT2D eigenvalue weighted by atomic mass is 35.5. The van der Waals surface area contributed by atoms with Crippen LogP contribution in [0, 0.1) is 17.2 Å². The lowest BCUT2D eigenvalue weighted by Gasteiger charge is -2.48. The first-order chi connectivity index (χ1) is 15.5. The molecule has 2 fully saturated rings. The van der Waals surface area contributed by atoms with Crippen LogP contribution in [0.2, 0.25) is 17.1 Å². The summed E-state index contributed by atoms with van der Waals surface area (Å²) in [6.07, 6.45) is 4.49. The molecule has 0 radical (unpaired) electrons. The van der Waals surface area contributed by atoms with Gasteiger partial charge in [0.2, 0.25) is 5.91 Å². The summed E-state index contributed by atoms with van der Waals surface area (Å²) in [5.74, 6) is 0.647. The average molecular weight is 490 g/mol. The molecule has 0 aromatic heterocycles. The van der Waals surface area contributed by atoms with Crippen LogP contribution in [0.5, 0.6) is 0 Å². The molecular formula is C25H36ClN3O3Si. The Morgan fingerprint density at radius 3 is 2.36 bits per heavy atom. The van der Waals surface area contributed by atoms with Crippen LogP contribution in [0.25, 0.3) is 0 Å². The number of hydrogen-bond donors (Lipinski definition) is 1. The predicted octanol–water partition coefficient (Wildman–Crippen LogP) is 4.86. The van der Waals surface area contributed by atoms with E-state index in [2.05, 4.69) is 18.3 Å². The molecule has 1 N–H and O–H groups in total. The zero-order valence-corrected chi connectivity index (χ0v) is 22.1. The third kappa shape index (κ3) is 6.81. The van der Waals surface area contributed by atoms with E-state index in [4.69, 9.17) is 16.3 Å². The molecule has 1 aromatic rings. The highest BCUT2D eigenvalue weighted by molar-refractivity contribution is 6.91. The minimum atomic E-state index is -1.92. The van der Waals surface area contributed by atoms with Crippen LogP contribution in [0.4, 0.5) is 4.79 Å². The molecule has 1 heterocycles. The van der Waals surface area contributed by atoms with Crippen LogP contribution in [-0.2, 0) is 16.1 Å². The quantitative estimate of drug-likeness (QED) is 0.553. The highest BCUT2D eigenvalue weighted by Crippen LogP contribution is 2.41. The maximum atomic E-state index is 13.4. The standard InChI is InChI=1S/C25H36ClN3O3Si/c1-18-5-11-21(12-6-18)28-13-22(30)29(14-19-7-9-20(26)10-8-19)25(15-27)16-33(17-25)23(31)32-24(2,3)4/h7-10,18,21,28,33H,5-6,11-14,16-17H2,1-4H3. The molecule has 1 saturated heterocycles. The number of nitrogens with one attached hydrogen (secondary N) is 1. The van der Waals surface area contributed by atoms with E-state index in [0.29, 0.717) is 29.7 Å². The fraction of sp³-hybridized carbons (Fsp3) is 0.640. The summed E-state index contributed by atoms with van der Waals surface area (Å²) in [7, 11) is -1.92. The van der Waals surface area contributed by atoms with Crippen molar-refractivity contribution in [3.63, 3.8) is 0 Å². The SMILES string of the molecule is CC1CCC(NCC(=O)N(Cc2ccc(Cl)cc2)C2(C#N)C[SiH](C(=O)OC(C)(C)C)C2)CC1. The van der Waals surface area contributed by atoms with Crippen molar-refractivity contribution in [2.45, 2.75) is 89.2 Å². The van der Waals surface area contributed by atoms with Crippen molar-refractivity contribution in [1.29, 1.82) is 5.26 Å². The summed E-state index contributed by atoms with van der Waals surface area (Å²) in [5, 5.41) is 14.2. The van der Waals surface area contributed by atoms with Gasteiger partial charge in [0.25, 0.3) is 5.59 Å². The van der Waals surface area contributed by atoms with Gasteiger partial charge in [0, 0.05) is 17.6 Å². The molecule has 3 rings (SSSR count). The maximum Gasteiger partial charge on any atom is 0.268 e. The lowest BCUT2D eigenvalue weighted by molar-refractivity contribution is -0.135. The van der Waals surface area contributed by atoms with Crippen molar-refractivity contribution in [3.8, 4) is 6.07 Å². The van der Waals surface area contributed by atoms with E-state index in [1.165, 1.54) is 12.8 Å². The van der Waals surface area contributed by atoms with E-state index in [0.717, 1.165) is 24.3 Å². The zero-order valence-electron chi connectivity index (χ0n) is 20.2. The number of nitriles is 1. The Labute approximate surface area is 204 Å². The largest absolute Gasteiger partial charge is 0.465 e. The van der Waals surface area contributed by atoms with Crippen molar-refractivity contribution in [1.82, 2.24) is 10.2 Å². The first-order valence-electron chi connectivity index (χ1n) is 11.9. The number of amides is 1. The fourth-order valence-electron chi connectivity index (χ4n) is 4.72. The van der Waals surface area contributed by atoms with Crippen LogP contribution in [0.15, 0.2) is 24.3 Å². The second-order valence-corrected chi connectivity index (χ2v) is 13.8. The van der Waals surface area contributed by atoms with E-state index in [1.54, 1.807) is 17.0 Å². The predicted molar refractivity (Wildman–Crippen MR) is 133 cm³/mol. The molecular weight excluding hydrogens is 454 g/mol. The van der Waals surface area contributed by atoms with Gasteiger partial charge in [-0.3, -0.25) is 9.59 Å². The van der Waals surface area contributed by atoms with E-state index in [-0.39, 0.29) is 18.0 Å². The summed E-state index contributed by atoms with van der Waals surface area (Å²) in [6.45, 7) is 8.35. The monoisotopic (exact) mass is 489 g/mol. The summed E-state index contributed by atoms with van der Waals surface area (Å²) < 4.78 is 5.57. The molecule has 1 aliphatic heterocycles. The van der Waals surface area contributed by atoms with Crippen LogP contribution < -0.4 is 5.32 Å². The van der Waals surface area contributed by atoms with E-state index < -0.39 is 19.9 Å². The van der Waals surface area contributed by atoms with Crippen molar-refractivity contribution < 1.29 is 14.3 Å². The van der Waals surface area contributed by atoms with Crippen LogP contribution in [-0.4, -0.2) is 48.9 Å². The molecule has 0 spiro atoms. The van der Waals surface area contributed by atoms with Gasteiger partial charge < -0.3 is 15.0 Å². The van der Waals surface area contributed by atoms with Crippen molar-refractivity contribution >= 4 is 31.9 Å². The minimum absolute atomic E-state index is 0.0956. The Bertz CT molecular complexity index is 880. The molecule has 8 heteroatoms. The van der Waals surface area contributed by atoms with Crippen LogP contribution in [0.3, 0.4) is 0 Å². The molecule has 180 valence electrons. The molecule has 2 aliphatic rings. The number of carbonyl (C=O) groups is 2. The summed E-state index contributed by atoms with van der Waals surface area (Å²) in [6, 6.07) is 10.9. The second-order valence-electron chi connectivity index (χ2n) is 10.7. The maximum absolute atomic E-state index is 13.4. The van der Waals surface area contributed by atoms with Crippen LogP contribution >= 0.6 is 11.6 Å². The molecule has 33 heavy (non-hydrogen) atoms. The number of benzene rings is 1. The Morgan fingerprint density at radius 1 is 1.21 bits per heavy atom. The Kier molecular flexibility index (Phi) is 8.25. The lowest BCUT2D eigenvalue weighted by atomic mass is 9.87. The number of nitrogens with zero attached hydrogens (tertiary/aromatic N) is 2. The molecule has 1 amide bonds. The third-order valence-corrected chi connectivity index (χ3v) is 10.1. The molecule has 0 atom stereocenters. The summed E-state index contributed by atoms with van der Waals surface area (Å²) in [5.41, 5.74) is -0.749. The number of halogens is 1. The Morgan fingerprint density at radius 2 is 1.82 bits per heavy atom. The topological polar surface area (TPSA) is 82.4 Å². The molecule has 6 nitrogen and oxygen atoms in total. The first-order valence-corrected chi connectivity index (χ1v) is 14.5. The van der Waals surface area contributed by atoms with Crippen molar-refractivity contribution in [2.75, 3.05) is 6.54 Å². The molecule has 1 aromatic carbocycles. The second kappa shape index (κ2) is 10.6. The average Bonchev–Trinajstić information content (AvgIpc) is 2.72. The molecule has 1 aliphatic carbocycles. The first kappa shape index (κ1) is 25.7. The smallest absolute Gasteiger partial charge is 0.268 e. The summed E-state index contributed by atoms with van der Waals surface area (Å²) in [4.78, 5) is 27.7. The van der Waals surface area contributed by atoms with E-state index in [9.17, 15) is 14.9 Å². The Balaban J connectivity index is 1.72. The van der Waals surface area contributed by atoms with E-state index >= 15 is 0 Å². The van der Waals surface area contributed by atoms with Gasteiger partial charge in [0.05, 0.1) is 12.6 Å². The Hall–Kier alpha value is -1.88. The minimum Gasteiger partial charge on any atom is -0.465 e. The molecule has 0 unspecified atom stereocenters. The van der Waals surface area contributed by atoms with Gasteiger partial charge in [-0.1, -0.05) is 30.7 Å². The normalized spacial score (nSPS) is 27.2. The van der Waals surface area contributed by atoms with Crippen LogP contribution in [0.1, 0.15) is 58.9 Å². The third-order valence-electron chi connectivity index (χ3n) is 6.75. The fourth-order valence-corrected chi connectivity index (χ4v) is 7.83. The van der Waals surface area contributed by atoms with E-state index in [1.807, 2.05) is 32.9 Å². The van der Waals surface area contributed by atoms with Crippen molar-refractivity contribution in [3.05, 3.63) is 34.9 Å².